The molecular weight excluding hydrogens is 408 g/mol. The minimum atomic E-state index is -0.487. The van der Waals surface area contributed by atoms with Crippen LogP contribution in [0.4, 0.5) is 0 Å². The van der Waals surface area contributed by atoms with Crippen molar-refractivity contribution in [3.8, 4) is 17.2 Å². The first-order valence-corrected chi connectivity index (χ1v) is 12.5. The summed E-state index contributed by atoms with van der Waals surface area (Å²) in [5, 5.41) is 11.8. The fourth-order valence-electron chi connectivity index (χ4n) is 5.69. The Morgan fingerprint density at radius 3 is 2.50 bits per heavy atom. The molecule has 0 amide bonds. The number of hydrogen-bond acceptors (Lipinski definition) is 3. The molecule has 6 rings (SSSR count). The van der Waals surface area contributed by atoms with Gasteiger partial charge in [-0.2, -0.15) is 5.26 Å². The second-order valence-electron chi connectivity index (χ2n) is 9.41. The molecule has 0 aliphatic heterocycles. The highest BCUT2D eigenvalue weighted by atomic mass is 32.1. The SMILES string of the molecule is Cc1ccc(-c2c3c(nc4sc5c(c24)CCCC5)CCC(C#N)(c2ccccc2)C3)cc1. The zero-order chi connectivity index (χ0) is 21.7. The van der Waals surface area contributed by atoms with Gasteiger partial charge in [-0.1, -0.05) is 60.2 Å². The lowest BCUT2D eigenvalue weighted by Gasteiger charge is -2.34. The molecule has 0 radical (unpaired) electrons. The lowest BCUT2D eigenvalue weighted by Crippen LogP contribution is -2.32. The van der Waals surface area contributed by atoms with Gasteiger partial charge in [-0.15, -0.1) is 11.3 Å². The predicted molar refractivity (Wildman–Crippen MR) is 132 cm³/mol. The Morgan fingerprint density at radius 2 is 1.72 bits per heavy atom. The Labute approximate surface area is 193 Å². The van der Waals surface area contributed by atoms with Gasteiger partial charge in [0.25, 0.3) is 0 Å². The van der Waals surface area contributed by atoms with Crippen LogP contribution < -0.4 is 0 Å². The monoisotopic (exact) mass is 434 g/mol. The summed E-state index contributed by atoms with van der Waals surface area (Å²) >= 11 is 1.91. The van der Waals surface area contributed by atoms with Gasteiger partial charge < -0.3 is 0 Å². The fourth-order valence-corrected chi connectivity index (χ4v) is 6.99. The molecule has 0 N–H and O–H groups in total. The van der Waals surface area contributed by atoms with Crippen molar-refractivity contribution >= 4 is 21.6 Å². The normalized spacial score (nSPS) is 19.9. The molecule has 2 aromatic carbocycles. The van der Waals surface area contributed by atoms with Crippen LogP contribution in [0.2, 0.25) is 0 Å². The van der Waals surface area contributed by atoms with E-state index in [0.717, 1.165) is 31.2 Å². The van der Waals surface area contributed by atoms with E-state index in [1.807, 2.05) is 17.4 Å². The summed E-state index contributed by atoms with van der Waals surface area (Å²) in [7, 11) is 0. The molecule has 2 heterocycles. The molecule has 2 nitrogen and oxygen atoms in total. The van der Waals surface area contributed by atoms with Gasteiger partial charge in [-0.25, -0.2) is 4.98 Å². The summed E-state index contributed by atoms with van der Waals surface area (Å²) in [6, 6.07) is 22.1. The van der Waals surface area contributed by atoms with E-state index in [1.54, 1.807) is 0 Å². The predicted octanol–water partition coefficient (Wildman–Crippen LogP) is 7.10. The fraction of sp³-hybridized carbons (Fsp3) is 0.310. The van der Waals surface area contributed by atoms with Crippen molar-refractivity contribution in [2.75, 3.05) is 0 Å². The summed E-state index contributed by atoms with van der Waals surface area (Å²) in [4.78, 5) is 7.96. The molecule has 3 heteroatoms. The maximum Gasteiger partial charge on any atom is 0.124 e. The number of aromatic nitrogens is 1. The molecule has 0 spiro atoms. The van der Waals surface area contributed by atoms with Crippen LogP contribution >= 0.6 is 11.3 Å². The number of fused-ring (bicyclic) bond motifs is 4. The number of benzene rings is 2. The standard InChI is InChI=1S/C29H26N2S/c1-19-11-13-20(14-12-19)26-23-17-29(18-30,21-7-3-2-4-8-21)16-15-24(23)31-28-27(26)22-9-5-6-10-25(22)32-28/h2-4,7-8,11-14H,5-6,9-10,15-17H2,1H3. The maximum atomic E-state index is 10.4. The van der Waals surface area contributed by atoms with Crippen molar-refractivity contribution < 1.29 is 0 Å². The van der Waals surface area contributed by atoms with E-state index in [2.05, 4.69) is 61.5 Å². The van der Waals surface area contributed by atoms with Crippen LogP contribution in [0, 0.1) is 18.3 Å². The van der Waals surface area contributed by atoms with E-state index >= 15 is 0 Å². The summed E-state index contributed by atoms with van der Waals surface area (Å²) in [6.07, 6.45) is 7.30. The van der Waals surface area contributed by atoms with Gasteiger partial charge in [0, 0.05) is 16.0 Å². The van der Waals surface area contributed by atoms with E-state index in [1.165, 1.54) is 67.9 Å². The van der Waals surface area contributed by atoms with Crippen LogP contribution in [0.5, 0.6) is 0 Å². The Bertz CT molecular complexity index is 1360. The van der Waals surface area contributed by atoms with E-state index in [9.17, 15) is 5.26 Å². The quantitative estimate of drug-likeness (QED) is 0.337. The molecule has 1 atom stereocenters. The number of thiophene rings is 1. The summed E-state index contributed by atoms with van der Waals surface area (Å²) < 4.78 is 0. The highest BCUT2D eigenvalue weighted by Gasteiger charge is 2.39. The van der Waals surface area contributed by atoms with Crippen molar-refractivity contribution in [3.63, 3.8) is 0 Å². The molecule has 0 saturated carbocycles. The topological polar surface area (TPSA) is 36.7 Å². The molecule has 1 unspecified atom stereocenters. The van der Waals surface area contributed by atoms with Crippen LogP contribution in [0.1, 0.15) is 52.1 Å². The third-order valence-electron chi connectivity index (χ3n) is 7.44. The largest absolute Gasteiger partial charge is 0.242 e. The van der Waals surface area contributed by atoms with Crippen molar-refractivity contribution in [3.05, 3.63) is 87.4 Å². The molecule has 0 bridgehead atoms. The van der Waals surface area contributed by atoms with Crippen LogP contribution in [-0.4, -0.2) is 4.98 Å². The first kappa shape index (κ1) is 19.7. The zero-order valence-corrected chi connectivity index (χ0v) is 19.3. The van der Waals surface area contributed by atoms with Crippen molar-refractivity contribution in [2.45, 2.75) is 57.3 Å². The second kappa shape index (κ2) is 7.57. The summed E-state index contributed by atoms with van der Waals surface area (Å²) in [5.74, 6) is 0. The maximum absolute atomic E-state index is 10.4. The van der Waals surface area contributed by atoms with Crippen LogP contribution in [0.3, 0.4) is 0 Å². The van der Waals surface area contributed by atoms with Gasteiger partial charge in [0.2, 0.25) is 0 Å². The van der Waals surface area contributed by atoms with Crippen LogP contribution in [0.25, 0.3) is 21.3 Å². The van der Waals surface area contributed by atoms with Gasteiger partial charge in [0.15, 0.2) is 0 Å². The number of nitrogens with zero attached hydrogens (tertiary/aromatic N) is 2. The minimum absolute atomic E-state index is 0.487. The number of pyridine rings is 1. The molecule has 158 valence electrons. The Kier molecular flexibility index (Phi) is 4.66. The van der Waals surface area contributed by atoms with E-state index in [-0.39, 0.29) is 0 Å². The average Bonchev–Trinajstić information content (AvgIpc) is 3.21. The average molecular weight is 435 g/mol. The Morgan fingerprint density at radius 1 is 0.938 bits per heavy atom. The van der Waals surface area contributed by atoms with Crippen LogP contribution in [-0.2, 0) is 31.1 Å². The van der Waals surface area contributed by atoms with Crippen molar-refractivity contribution in [1.29, 1.82) is 5.26 Å². The molecule has 4 aromatic rings. The van der Waals surface area contributed by atoms with Gasteiger partial charge in [-0.3, -0.25) is 0 Å². The smallest absolute Gasteiger partial charge is 0.124 e. The van der Waals surface area contributed by atoms with Crippen molar-refractivity contribution in [2.24, 2.45) is 0 Å². The van der Waals surface area contributed by atoms with Gasteiger partial charge in [0.1, 0.15) is 4.83 Å². The van der Waals surface area contributed by atoms with Gasteiger partial charge >= 0.3 is 0 Å². The lowest BCUT2D eigenvalue weighted by molar-refractivity contribution is 0.468. The Hall–Kier alpha value is -2.96. The number of rotatable bonds is 2. The number of hydrogen-bond donors (Lipinski definition) is 0. The first-order chi connectivity index (χ1) is 15.7. The number of aryl methyl sites for hydroxylation is 4. The molecule has 32 heavy (non-hydrogen) atoms. The lowest BCUT2D eigenvalue weighted by atomic mass is 9.68. The summed E-state index contributed by atoms with van der Waals surface area (Å²) in [6.45, 7) is 2.14. The molecular formula is C29H26N2S. The Balaban J connectivity index is 1.64. The zero-order valence-electron chi connectivity index (χ0n) is 18.4. The van der Waals surface area contributed by atoms with E-state index < -0.39 is 5.41 Å². The second-order valence-corrected chi connectivity index (χ2v) is 10.5. The molecule has 2 aromatic heterocycles. The van der Waals surface area contributed by atoms with E-state index in [4.69, 9.17) is 4.98 Å². The first-order valence-electron chi connectivity index (χ1n) is 11.7. The van der Waals surface area contributed by atoms with Crippen LogP contribution in [0.15, 0.2) is 54.6 Å². The third kappa shape index (κ3) is 3.01. The van der Waals surface area contributed by atoms with Gasteiger partial charge in [-0.05, 0) is 79.7 Å². The highest BCUT2D eigenvalue weighted by molar-refractivity contribution is 7.19. The minimum Gasteiger partial charge on any atom is -0.242 e. The highest BCUT2D eigenvalue weighted by Crippen LogP contribution is 2.47. The molecule has 0 saturated heterocycles. The molecule has 0 fully saturated rings. The summed E-state index contributed by atoms with van der Waals surface area (Å²) in [5.41, 5.74) is 8.56. The van der Waals surface area contributed by atoms with Gasteiger partial charge in [0.05, 0.1) is 11.5 Å². The number of nitriles is 1. The molecule has 2 aliphatic carbocycles. The van der Waals surface area contributed by atoms with E-state index in [0.29, 0.717) is 0 Å². The third-order valence-corrected chi connectivity index (χ3v) is 8.62. The van der Waals surface area contributed by atoms with Crippen molar-refractivity contribution in [1.82, 2.24) is 4.98 Å². The molecule has 2 aliphatic rings.